The number of aryl methyl sites for hydroxylation is 1. The maximum atomic E-state index is 11.6. The molecule has 1 aromatic carbocycles. The Morgan fingerprint density at radius 1 is 1.27 bits per heavy atom. The predicted octanol–water partition coefficient (Wildman–Crippen LogP) is 3.49. The smallest absolute Gasteiger partial charge is 0.330 e. The summed E-state index contributed by atoms with van der Waals surface area (Å²) in [5.41, 5.74) is 2.45. The van der Waals surface area contributed by atoms with Gasteiger partial charge in [0, 0.05) is 18.3 Å². The van der Waals surface area contributed by atoms with Gasteiger partial charge in [-0.3, -0.25) is 0 Å². The molecule has 1 rings (SSSR count). The molecule has 1 aromatic rings. The summed E-state index contributed by atoms with van der Waals surface area (Å²) in [7, 11) is 0. The van der Waals surface area contributed by atoms with E-state index in [9.17, 15) is 9.59 Å². The van der Waals surface area contributed by atoms with Gasteiger partial charge in [0.2, 0.25) is 0 Å². The number of anilines is 1. The van der Waals surface area contributed by atoms with E-state index < -0.39 is 0 Å². The van der Waals surface area contributed by atoms with E-state index in [-0.39, 0.29) is 12.0 Å². The SMILES string of the molecule is CCCCOC(=O)/C=C/c1cc(C)ccc1NC(=O)NCC. The summed E-state index contributed by atoms with van der Waals surface area (Å²) >= 11 is 0. The molecule has 0 fully saturated rings. The number of urea groups is 1. The largest absolute Gasteiger partial charge is 0.463 e. The highest BCUT2D eigenvalue weighted by Gasteiger charge is 2.05. The molecule has 0 atom stereocenters. The second kappa shape index (κ2) is 9.60. The van der Waals surface area contributed by atoms with Gasteiger partial charge in [-0.1, -0.05) is 25.0 Å². The van der Waals surface area contributed by atoms with Crippen LogP contribution in [0.2, 0.25) is 0 Å². The van der Waals surface area contributed by atoms with Gasteiger partial charge in [0.05, 0.1) is 6.61 Å². The van der Waals surface area contributed by atoms with Crippen LogP contribution in [-0.4, -0.2) is 25.2 Å². The van der Waals surface area contributed by atoms with Crippen molar-refractivity contribution in [3.63, 3.8) is 0 Å². The Morgan fingerprint density at radius 3 is 2.73 bits per heavy atom. The number of carbonyl (C=O) groups excluding carboxylic acids is 2. The Balaban J connectivity index is 2.77. The molecular weight excluding hydrogens is 280 g/mol. The maximum absolute atomic E-state index is 11.6. The fourth-order valence-electron chi connectivity index (χ4n) is 1.78. The van der Waals surface area contributed by atoms with E-state index in [0.29, 0.717) is 18.8 Å². The van der Waals surface area contributed by atoms with Crippen molar-refractivity contribution in [2.45, 2.75) is 33.6 Å². The second-order valence-electron chi connectivity index (χ2n) is 4.93. The van der Waals surface area contributed by atoms with Crippen molar-refractivity contribution in [3.05, 3.63) is 35.4 Å². The number of nitrogens with one attached hydrogen (secondary N) is 2. The molecule has 0 saturated carbocycles. The van der Waals surface area contributed by atoms with Crippen LogP contribution in [0.15, 0.2) is 24.3 Å². The molecule has 2 N–H and O–H groups in total. The number of esters is 1. The lowest BCUT2D eigenvalue weighted by Crippen LogP contribution is -2.28. The highest BCUT2D eigenvalue weighted by atomic mass is 16.5. The van der Waals surface area contributed by atoms with Gasteiger partial charge in [-0.15, -0.1) is 0 Å². The molecule has 0 bridgehead atoms. The standard InChI is InChI=1S/C17H24N2O3/c1-4-6-11-22-16(20)10-8-14-12-13(3)7-9-15(14)19-17(21)18-5-2/h7-10,12H,4-6,11H2,1-3H3,(H2,18,19,21)/b10-8+. The van der Waals surface area contributed by atoms with Gasteiger partial charge in [0.15, 0.2) is 0 Å². The van der Waals surface area contributed by atoms with Crippen LogP contribution < -0.4 is 10.6 Å². The van der Waals surface area contributed by atoms with Crippen LogP contribution in [0.1, 0.15) is 37.8 Å². The maximum Gasteiger partial charge on any atom is 0.330 e. The highest BCUT2D eigenvalue weighted by molar-refractivity contribution is 5.94. The molecule has 0 heterocycles. The second-order valence-corrected chi connectivity index (χ2v) is 4.93. The van der Waals surface area contributed by atoms with Gasteiger partial charge < -0.3 is 15.4 Å². The first-order chi connectivity index (χ1) is 10.6. The van der Waals surface area contributed by atoms with Gasteiger partial charge in [-0.2, -0.15) is 0 Å². The number of carbonyl (C=O) groups is 2. The molecule has 120 valence electrons. The van der Waals surface area contributed by atoms with Crippen molar-refractivity contribution in [1.82, 2.24) is 5.32 Å². The third-order valence-corrected chi connectivity index (χ3v) is 2.93. The Labute approximate surface area is 131 Å². The summed E-state index contributed by atoms with van der Waals surface area (Å²) in [6, 6.07) is 5.34. The molecule has 5 heteroatoms. The first-order valence-electron chi connectivity index (χ1n) is 7.57. The van der Waals surface area contributed by atoms with Crippen LogP contribution in [0.3, 0.4) is 0 Å². The number of hydrogen-bond acceptors (Lipinski definition) is 3. The van der Waals surface area contributed by atoms with E-state index in [0.717, 1.165) is 24.0 Å². The van der Waals surface area contributed by atoms with Crippen molar-refractivity contribution in [1.29, 1.82) is 0 Å². The molecule has 0 unspecified atom stereocenters. The molecule has 0 aliphatic carbocycles. The van der Waals surface area contributed by atoms with E-state index in [4.69, 9.17) is 4.74 Å². The topological polar surface area (TPSA) is 67.4 Å². The Morgan fingerprint density at radius 2 is 2.05 bits per heavy atom. The molecule has 0 saturated heterocycles. The normalized spacial score (nSPS) is 10.5. The van der Waals surface area contributed by atoms with Crippen LogP contribution in [-0.2, 0) is 9.53 Å². The summed E-state index contributed by atoms with van der Waals surface area (Å²) in [6.45, 7) is 6.81. The van der Waals surface area contributed by atoms with Crippen molar-refractivity contribution >= 4 is 23.8 Å². The molecule has 22 heavy (non-hydrogen) atoms. The lowest BCUT2D eigenvalue weighted by Gasteiger charge is -2.10. The number of unbranched alkanes of at least 4 members (excludes halogenated alkanes) is 1. The zero-order valence-electron chi connectivity index (χ0n) is 13.4. The van der Waals surface area contributed by atoms with E-state index in [1.54, 1.807) is 6.08 Å². The van der Waals surface area contributed by atoms with Crippen molar-refractivity contribution < 1.29 is 14.3 Å². The Kier molecular flexibility index (Phi) is 7.75. The monoisotopic (exact) mass is 304 g/mol. The van der Waals surface area contributed by atoms with Crippen molar-refractivity contribution in [3.8, 4) is 0 Å². The molecule has 0 aromatic heterocycles. The zero-order chi connectivity index (χ0) is 16.4. The molecule has 0 aliphatic heterocycles. The summed E-state index contributed by atoms with van der Waals surface area (Å²) in [5.74, 6) is -0.376. The Bertz CT molecular complexity index is 539. The third kappa shape index (κ3) is 6.43. The lowest BCUT2D eigenvalue weighted by atomic mass is 10.1. The fourth-order valence-corrected chi connectivity index (χ4v) is 1.78. The number of benzene rings is 1. The number of amides is 2. The van der Waals surface area contributed by atoms with Gasteiger partial charge in [-0.05, 0) is 44.0 Å². The molecule has 0 aliphatic rings. The summed E-state index contributed by atoms with van der Waals surface area (Å²) in [6.07, 6.45) is 4.87. The van der Waals surface area contributed by atoms with E-state index in [2.05, 4.69) is 10.6 Å². The summed E-state index contributed by atoms with van der Waals surface area (Å²) in [4.78, 5) is 23.2. The van der Waals surface area contributed by atoms with Gasteiger partial charge >= 0.3 is 12.0 Å². The highest BCUT2D eigenvalue weighted by Crippen LogP contribution is 2.19. The molecular formula is C17H24N2O3. The van der Waals surface area contributed by atoms with E-state index in [1.165, 1.54) is 6.08 Å². The number of rotatable bonds is 7. The molecule has 0 radical (unpaired) electrons. The van der Waals surface area contributed by atoms with Gasteiger partial charge in [0.25, 0.3) is 0 Å². The molecule has 2 amide bonds. The van der Waals surface area contributed by atoms with Crippen LogP contribution in [0, 0.1) is 6.92 Å². The van der Waals surface area contributed by atoms with Crippen LogP contribution in [0.25, 0.3) is 6.08 Å². The quantitative estimate of drug-likeness (QED) is 0.460. The van der Waals surface area contributed by atoms with Crippen molar-refractivity contribution in [2.24, 2.45) is 0 Å². The molecule has 0 spiro atoms. The first kappa shape index (κ1) is 17.8. The number of ether oxygens (including phenoxy) is 1. The minimum Gasteiger partial charge on any atom is -0.463 e. The average Bonchev–Trinajstić information content (AvgIpc) is 2.48. The van der Waals surface area contributed by atoms with Crippen LogP contribution >= 0.6 is 0 Å². The van der Waals surface area contributed by atoms with E-state index >= 15 is 0 Å². The van der Waals surface area contributed by atoms with Crippen LogP contribution in [0.4, 0.5) is 10.5 Å². The Hall–Kier alpha value is -2.30. The summed E-state index contributed by atoms with van der Waals surface area (Å²) < 4.78 is 5.07. The lowest BCUT2D eigenvalue weighted by molar-refractivity contribution is -0.137. The van der Waals surface area contributed by atoms with E-state index in [1.807, 2.05) is 39.0 Å². The van der Waals surface area contributed by atoms with Crippen molar-refractivity contribution in [2.75, 3.05) is 18.5 Å². The number of hydrogen-bond donors (Lipinski definition) is 2. The first-order valence-corrected chi connectivity index (χ1v) is 7.57. The average molecular weight is 304 g/mol. The fraction of sp³-hybridized carbons (Fsp3) is 0.412. The zero-order valence-corrected chi connectivity index (χ0v) is 13.4. The van der Waals surface area contributed by atoms with Crippen LogP contribution in [0.5, 0.6) is 0 Å². The third-order valence-electron chi connectivity index (χ3n) is 2.93. The minimum absolute atomic E-state index is 0.272. The summed E-state index contributed by atoms with van der Waals surface area (Å²) in [5, 5.41) is 5.43. The predicted molar refractivity (Wildman–Crippen MR) is 88.8 cm³/mol. The van der Waals surface area contributed by atoms with Gasteiger partial charge in [0.1, 0.15) is 0 Å². The minimum atomic E-state index is -0.376. The molecule has 5 nitrogen and oxygen atoms in total. The van der Waals surface area contributed by atoms with Gasteiger partial charge in [-0.25, -0.2) is 9.59 Å².